The molecule has 0 bridgehead atoms. The minimum Gasteiger partial charge on any atom is -0.302 e. The number of sulfone groups is 1. The van der Waals surface area contributed by atoms with E-state index < -0.39 is 9.84 Å². The zero-order valence-electron chi connectivity index (χ0n) is 13.5. The third-order valence-corrected chi connectivity index (χ3v) is 6.97. The van der Waals surface area contributed by atoms with Crippen molar-refractivity contribution >= 4 is 42.2 Å². The molecule has 3 aromatic carbocycles. The molecule has 1 aromatic heterocycles. The highest BCUT2D eigenvalue weighted by Crippen LogP contribution is 2.25. The molecule has 0 aliphatic rings. The Balaban J connectivity index is 1.74. The van der Waals surface area contributed by atoms with Crippen molar-refractivity contribution in [3.63, 3.8) is 0 Å². The van der Waals surface area contributed by atoms with Crippen LogP contribution in [-0.2, 0) is 22.6 Å². The summed E-state index contributed by atoms with van der Waals surface area (Å²) in [6, 6.07) is 18.4. The Morgan fingerprint density at radius 3 is 2.52 bits per heavy atom. The van der Waals surface area contributed by atoms with Crippen LogP contribution in [0.4, 0.5) is 0 Å². The molecule has 0 fully saturated rings. The number of nitrogens with zero attached hydrogens (tertiary/aromatic N) is 1. The molecule has 4 rings (SSSR count). The summed E-state index contributed by atoms with van der Waals surface area (Å²) in [5, 5.41) is 2.10. The fraction of sp³-hybridized carbons (Fsp3) is 0.105. The van der Waals surface area contributed by atoms with Gasteiger partial charge < -0.3 is 4.57 Å². The van der Waals surface area contributed by atoms with Crippen LogP contribution >= 0.6 is 11.3 Å². The zero-order valence-corrected chi connectivity index (χ0v) is 15.1. The van der Waals surface area contributed by atoms with Gasteiger partial charge in [0.1, 0.15) is 0 Å². The molecule has 0 aliphatic heterocycles. The van der Waals surface area contributed by atoms with Gasteiger partial charge in [0.25, 0.3) is 0 Å². The summed E-state index contributed by atoms with van der Waals surface area (Å²) in [4.78, 5) is 11.9. The molecular formula is C19H15NO3S2. The van der Waals surface area contributed by atoms with Gasteiger partial charge in [-0.25, -0.2) is 8.42 Å². The maximum atomic E-state index is 12.8. The van der Waals surface area contributed by atoms with E-state index in [0.29, 0.717) is 4.70 Å². The van der Waals surface area contributed by atoms with Crippen molar-refractivity contribution in [2.75, 3.05) is 0 Å². The van der Waals surface area contributed by atoms with E-state index in [2.05, 4.69) is 0 Å². The lowest BCUT2D eigenvalue weighted by molar-refractivity contribution is 0.595. The third kappa shape index (κ3) is 2.88. The second-order valence-electron chi connectivity index (χ2n) is 6.00. The molecule has 0 radical (unpaired) electrons. The number of aromatic nitrogens is 1. The van der Waals surface area contributed by atoms with Crippen molar-refractivity contribution in [1.29, 1.82) is 0 Å². The van der Waals surface area contributed by atoms with Gasteiger partial charge in [-0.05, 0) is 34.5 Å². The molecule has 0 N–H and O–H groups in total. The number of thiazole rings is 1. The van der Waals surface area contributed by atoms with Crippen LogP contribution in [0.15, 0.2) is 70.4 Å². The van der Waals surface area contributed by atoms with Crippen LogP contribution in [0.5, 0.6) is 0 Å². The molecule has 1 heterocycles. The molecule has 0 saturated heterocycles. The van der Waals surface area contributed by atoms with E-state index in [1.807, 2.05) is 42.5 Å². The van der Waals surface area contributed by atoms with Gasteiger partial charge in [-0.1, -0.05) is 53.8 Å². The quantitative estimate of drug-likeness (QED) is 0.553. The summed E-state index contributed by atoms with van der Waals surface area (Å²) in [5.74, 6) is -0.0644. The first-order valence-corrected chi connectivity index (χ1v) is 10.2. The molecule has 0 aliphatic carbocycles. The van der Waals surface area contributed by atoms with Gasteiger partial charge in [-0.2, -0.15) is 0 Å². The summed E-state index contributed by atoms with van der Waals surface area (Å²) in [7, 11) is -1.80. The van der Waals surface area contributed by atoms with Crippen LogP contribution in [0, 0.1) is 0 Å². The van der Waals surface area contributed by atoms with Crippen molar-refractivity contribution in [1.82, 2.24) is 4.57 Å². The Hall–Kier alpha value is -2.44. The van der Waals surface area contributed by atoms with E-state index in [-0.39, 0.29) is 15.5 Å². The highest BCUT2D eigenvalue weighted by atomic mass is 32.2. The minimum atomic E-state index is -3.48. The number of hydrogen-bond donors (Lipinski definition) is 0. The normalized spacial score (nSPS) is 12.0. The summed E-state index contributed by atoms with van der Waals surface area (Å²) < 4.78 is 27.8. The van der Waals surface area contributed by atoms with E-state index in [1.54, 1.807) is 25.2 Å². The van der Waals surface area contributed by atoms with E-state index in [1.165, 1.54) is 4.57 Å². The van der Waals surface area contributed by atoms with Gasteiger partial charge >= 0.3 is 4.87 Å². The highest BCUT2D eigenvalue weighted by Gasteiger charge is 2.17. The van der Waals surface area contributed by atoms with Gasteiger partial charge in [0.15, 0.2) is 9.84 Å². The Bertz CT molecular complexity index is 1270. The third-order valence-electron chi connectivity index (χ3n) is 4.29. The van der Waals surface area contributed by atoms with Gasteiger partial charge in [0.05, 0.1) is 20.9 Å². The Morgan fingerprint density at radius 2 is 1.72 bits per heavy atom. The Kier molecular flexibility index (Phi) is 3.74. The molecule has 126 valence electrons. The van der Waals surface area contributed by atoms with Gasteiger partial charge in [0.2, 0.25) is 0 Å². The average Bonchev–Trinajstić information content (AvgIpc) is 2.88. The lowest BCUT2D eigenvalue weighted by atomic mass is 10.1. The SMILES string of the molecule is Cn1c(=O)sc2cc(S(=O)(=O)Cc3ccc4ccccc4c3)ccc21. The monoisotopic (exact) mass is 369 g/mol. The second kappa shape index (κ2) is 5.82. The fourth-order valence-electron chi connectivity index (χ4n) is 2.94. The molecule has 4 nitrogen and oxygen atoms in total. The number of benzene rings is 3. The first-order chi connectivity index (χ1) is 11.9. The topological polar surface area (TPSA) is 56.1 Å². The van der Waals surface area contributed by atoms with E-state index in [9.17, 15) is 13.2 Å². The predicted molar refractivity (Wildman–Crippen MR) is 102 cm³/mol. The summed E-state index contributed by atoms with van der Waals surface area (Å²) in [6.07, 6.45) is 0. The van der Waals surface area contributed by atoms with Crippen LogP contribution in [0.25, 0.3) is 21.0 Å². The lowest BCUT2D eigenvalue weighted by Crippen LogP contribution is -2.07. The smallest absolute Gasteiger partial charge is 0.302 e. The van der Waals surface area contributed by atoms with Crippen LogP contribution < -0.4 is 4.87 Å². The number of rotatable bonds is 3. The number of fused-ring (bicyclic) bond motifs is 2. The van der Waals surface area contributed by atoms with Crippen molar-refractivity contribution in [2.24, 2.45) is 7.05 Å². The summed E-state index contributed by atoms with van der Waals surface area (Å²) in [5.41, 5.74) is 1.50. The fourth-order valence-corrected chi connectivity index (χ4v) is 5.29. The van der Waals surface area contributed by atoms with Crippen molar-refractivity contribution in [3.8, 4) is 0 Å². The molecule has 25 heavy (non-hydrogen) atoms. The molecule has 0 unspecified atom stereocenters. The highest BCUT2D eigenvalue weighted by molar-refractivity contribution is 7.90. The maximum absolute atomic E-state index is 12.8. The second-order valence-corrected chi connectivity index (χ2v) is 8.98. The van der Waals surface area contributed by atoms with E-state index >= 15 is 0 Å². The predicted octanol–water partition coefficient (Wildman–Crippen LogP) is 3.73. The summed E-state index contributed by atoms with van der Waals surface area (Å²) >= 11 is 1.06. The number of aryl methyl sites for hydroxylation is 1. The van der Waals surface area contributed by atoms with Crippen molar-refractivity contribution in [3.05, 3.63) is 75.9 Å². The van der Waals surface area contributed by atoms with Crippen LogP contribution in [0.2, 0.25) is 0 Å². The largest absolute Gasteiger partial charge is 0.307 e. The lowest BCUT2D eigenvalue weighted by Gasteiger charge is -2.07. The molecular weight excluding hydrogens is 354 g/mol. The van der Waals surface area contributed by atoms with Crippen LogP contribution in [0.3, 0.4) is 0 Å². The van der Waals surface area contributed by atoms with E-state index in [4.69, 9.17) is 0 Å². The first kappa shape index (κ1) is 16.1. The molecule has 6 heteroatoms. The molecule has 0 spiro atoms. The van der Waals surface area contributed by atoms with Crippen LogP contribution in [0.1, 0.15) is 5.56 Å². The maximum Gasteiger partial charge on any atom is 0.307 e. The van der Waals surface area contributed by atoms with Gasteiger partial charge in [-0.3, -0.25) is 4.79 Å². The standard InChI is InChI=1S/C19H15NO3S2/c1-20-17-9-8-16(11-18(17)24-19(20)21)25(22,23)12-13-6-7-14-4-2-3-5-15(14)10-13/h2-11H,12H2,1H3. The average molecular weight is 369 g/mol. The minimum absolute atomic E-state index is 0.0644. The van der Waals surface area contributed by atoms with Gasteiger partial charge in [-0.15, -0.1) is 0 Å². The first-order valence-electron chi connectivity index (χ1n) is 7.74. The van der Waals surface area contributed by atoms with Crippen molar-refractivity contribution in [2.45, 2.75) is 10.6 Å². The molecule has 4 aromatic rings. The molecule has 0 atom stereocenters. The van der Waals surface area contributed by atoms with Gasteiger partial charge in [0, 0.05) is 7.05 Å². The Morgan fingerprint density at radius 1 is 0.960 bits per heavy atom. The Labute approximate surface area is 148 Å². The van der Waals surface area contributed by atoms with Crippen LogP contribution in [-0.4, -0.2) is 13.0 Å². The molecule has 0 amide bonds. The van der Waals surface area contributed by atoms with Crippen molar-refractivity contribution < 1.29 is 8.42 Å². The summed E-state index contributed by atoms with van der Waals surface area (Å²) in [6.45, 7) is 0. The van der Waals surface area contributed by atoms with E-state index in [0.717, 1.165) is 33.2 Å². The molecule has 0 saturated carbocycles. The number of hydrogen-bond acceptors (Lipinski definition) is 4. The zero-order chi connectivity index (χ0) is 17.6.